The Morgan fingerprint density at radius 2 is 0.968 bits per heavy atom. The van der Waals surface area contributed by atoms with Crippen LogP contribution in [0.3, 0.4) is 0 Å². The van der Waals surface area contributed by atoms with Gasteiger partial charge in [-0.1, -0.05) is 152 Å². The van der Waals surface area contributed by atoms with Crippen LogP contribution in [0.25, 0.3) is 132 Å². The highest BCUT2D eigenvalue weighted by Crippen LogP contribution is 2.47. The van der Waals surface area contributed by atoms with Gasteiger partial charge in [0, 0.05) is 54.3 Å². The van der Waals surface area contributed by atoms with Crippen LogP contribution >= 0.6 is 0 Å². The minimum Gasteiger partial charge on any atom is -0.456 e. The average Bonchev–Trinajstić information content (AvgIpc) is 4.02. The maximum atomic E-state index is 6.39. The molecule has 0 fully saturated rings. The summed E-state index contributed by atoms with van der Waals surface area (Å²) in [6, 6.07) is 73.7. The number of nitrogens with zero attached hydrogens (tertiary/aromatic N) is 4. The summed E-state index contributed by atoms with van der Waals surface area (Å²) in [6.45, 7) is 0. The van der Waals surface area contributed by atoms with Gasteiger partial charge in [-0.05, 0) is 81.9 Å². The Kier molecular flexibility index (Phi) is 7.05. The fourth-order valence-corrected chi connectivity index (χ4v) is 10.4. The van der Waals surface area contributed by atoms with E-state index in [0.717, 1.165) is 71.7 Å². The first-order valence-electron chi connectivity index (χ1n) is 21.4. The maximum absolute atomic E-state index is 6.39. The van der Waals surface area contributed by atoms with Crippen LogP contribution in [0.2, 0.25) is 0 Å². The van der Waals surface area contributed by atoms with E-state index in [9.17, 15) is 0 Å². The zero-order chi connectivity index (χ0) is 41.2. The van der Waals surface area contributed by atoms with E-state index in [1.807, 2.05) is 12.1 Å². The van der Waals surface area contributed by atoms with Gasteiger partial charge in [-0.15, -0.1) is 0 Å². The molecule has 5 nitrogen and oxygen atoms in total. The molecule has 0 radical (unpaired) electrons. The second kappa shape index (κ2) is 13.0. The van der Waals surface area contributed by atoms with Gasteiger partial charge in [-0.25, -0.2) is 9.97 Å². The molecule has 10 aromatic carbocycles. The third-order valence-electron chi connectivity index (χ3n) is 13.1. The third kappa shape index (κ3) is 4.87. The Labute approximate surface area is 360 Å². The smallest absolute Gasteiger partial charge is 0.235 e. The number of hydrogen-bond donors (Lipinski definition) is 0. The van der Waals surface area contributed by atoms with E-state index < -0.39 is 0 Å². The lowest BCUT2D eigenvalue weighted by molar-refractivity contribution is 0.669. The van der Waals surface area contributed by atoms with Crippen LogP contribution in [-0.2, 0) is 0 Å². The van der Waals surface area contributed by atoms with Crippen molar-refractivity contribution in [3.05, 3.63) is 206 Å². The van der Waals surface area contributed by atoms with Gasteiger partial charge in [0.1, 0.15) is 11.2 Å². The normalized spacial score (nSPS) is 12.1. The number of hydrogen-bond acceptors (Lipinski definition) is 3. The lowest BCUT2D eigenvalue weighted by Crippen LogP contribution is -2.03. The van der Waals surface area contributed by atoms with Crippen molar-refractivity contribution in [2.24, 2.45) is 0 Å². The Balaban J connectivity index is 1.11. The van der Waals surface area contributed by atoms with Crippen LogP contribution in [-0.4, -0.2) is 19.1 Å². The van der Waals surface area contributed by atoms with Crippen LogP contribution < -0.4 is 0 Å². The zero-order valence-electron chi connectivity index (χ0n) is 33.8. The summed E-state index contributed by atoms with van der Waals surface area (Å²) in [5, 5.41) is 12.9. The molecule has 292 valence electrons. The van der Waals surface area contributed by atoms with E-state index in [-0.39, 0.29) is 0 Å². The average molecular weight is 803 g/mol. The molecular weight excluding hydrogens is 769 g/mol. The third-order valence-corrected chi connectivity index (χ3v) is 13.1. The highest BCUT2D eigenvalue weighted by molar-refractivity contribution is 6.38. The van der Waals surface area contributed by atoms with Crippen LogP contribution in [0.4, 0.5) is 0 Å². The molecule has 63 heavy (non-hydrogen) atoms. The molecule has 5 heteroatoms. The summed E-state index contributed by atoms with van der Waals surface area (Å²) in [5.74, 6) is 0.619. The summed E-state index contributed by atoms with van der Waals surface area (Å²) < 4.78 is 11.2. The maximum Gasteiger partial charge on any atom is 0.235 e. The van der Waals surface area contributed by atoms with Crippen LogP contribution in [0.5, 0.6) is 0 Å². The number of benzene rings is 10. The second-order valence-corrected chi connectivity index (χ2v) is 16.5. The highest BCUT2D eigenvalue weighted by atomic mass is 16.3. The lowest BCUT2D eigenvalue weighted by Gasteiger charge is -2.13. The van der Waals surface area contributed by atoms with Crippen molar-refractivity contribution in [2.45, 2.75) is 0 Å². The van der Waals surface area contributed by atoms with Crippen molar-refractivity contribution in [1.82, 2.24) is 19.1 Å². The number of fused-ring (bicyclic) bond motifs is 16. The van der Waals surface area contributed by atoms with Gasteiger partial charge in [-0.3, -0.25) is 4.57 Å². The minimum absolute atomic E-state index is 0.619. The topological polar surface area (TPSA) is 48.8 Å². The summed E-state index contributed by atoms with van der Waals surface area (Å²) in [4.78, 5) is 10.9. The van der Waals surface area contributed by atoms with Crippen molar-refractivity contribution < 1.29 is 4.42 Å². The van der Waals surface area contributed by atoms with Gasteiger partial charge in [0.05, 0.1) is 33.3 Å². The van der Waals surface area contributed by atoms with Gasteiger partial charge in [0.25, 0.3) is 0 Å². The molecule has 0 unspecified atom stereocenters. The predicted molar refractivity (Wildman–Crippen MR) is 261 cm³/mol. The highest BCUT2D eigenvalue weighted by Gasteiger charge is 2.25. The SMILES string of the molecule is c1ccc(-c2cccc(-n3c4ccc5c(c6ccccc6n5-c5nc(-c6ccc7c(c6)oc6ccccc67)c6ccccc6n5)c4c4c5ccccc5c5ccccc5c43)c2)cc1. The van der Waals surface area contributed by atoms with Crippen molar-refractivity contribution in [2.75, 3.05) is 0 Å². The molecule has 4 aromatic heterocycles. The van der Waals surface area contributed by atoms with Crippen molar-refractivity contribution in [3.63, 3.8) is 0 Å². The largest absolute Gasteiger partial charge is 0.456 e. The molecule has 0 saturated heterocycles. The van der Waals surface area contributed by atoms with Gasteiger partial charge in [-0.2, -0.15) is 0 Å². The molecule has 0 atom stereocenters. The first kappa shape index (κ1) is 34.2. The first-order chi connectivity index (χ1) is 31.3. The van der Waals surface area contributed by atoms with Crippen LogP contribution in [0.1, 0.15) is 0 Å². The summed E-state index contributed by atoms with van der Waals surface area (Å²) in [6.07, 6.45) is 0. The van der Waals surface area contributed by atoms with E-state index >= 15 is 0 Å². The molecule has 4 heterocycles. The Hall–Kier alpha value is -8.54. The monoisotopic (exact) mass is 802 g/mol. The molecule has 0 bridgehead atoms. The van der Waals surface area contributed by atoms with Crippen molar-refractivity contribution in [3.8, 4) is 34.0 Å². The number of para-hydroxylation sites is 3. The molecule has 0 aliphatic rings. The van der Waals surface area contributed by atoms with Crippen molar-refractivity contribution in [1.29, 1.82) is 0 Å². The summed E-state index contributed by atoms with van der Waals surface area (Å²) in [7, 11) is 0. The molecular formula is C58H34N4O. The van der Waals surface area contributed by atoms with E-state index in [1.54, 1.807) is 0 Å². The second-order valence-electron chi connectivity index (χ2n) is 16.5. The lowest BCUT2D eigenvalue weighted by atomic mass is 9.95. The Morgan fingerprint density at radius 3 is 1.81 bits per heavy atom. The molecule has 0 saturated carbocycles. The van der Waals surface area contributed by atoms with E-state index in [2.05, 4.69) is 203 Å². The standard InChI is InChI=1S/C58H34N4O/c1-2-15-35(16-3-1)36-17-14-18-38(33-36)61-50-32-31-49-53(55(50)54-43-22-6-4-19-39(43)40-20-5-7-23-44(40)57(54)61)46-25-9-12-27-48(46)62(49)58-59-47-26-11-8-24-45(47)56(60-58)37-29-30-42-41-21-10-13-28-51(41)63-52(42)34-37/h1-34H. The number of aromatic nitrogens is 4. The van der Waals surface area contributed by atoms with Crippen LogP contribution in [0.15, 0.2) is 211 Å². The first-order valence-corrected chi connectivity index (χ1v) is 21.4. The van der Waals surface area contributed by atoms with Crippen molar-refractivity contribution >= 4 is 98.0 Å². The molecule has 14 rings (SSSR count). The molecule has 0 aliphatic carbocycles. The van der Waals surface area contributed by atoms with Gasteiger partial charge < -0.3 is 8.98 Å². The predicted octanol–water partition coefficient (Wildman–Crippen LogP) is 15.4. The summed E-state index contributed by atoms with van der Waals surface area (Å²) in [5.41, 5.74) is 12.3. The molecule has 14 aromatic rings. The molecule has 0 amide bonds. The molecule has 0 spiro atoms. The summed E-state index contributed by atoms with van der Waals surface area (Å²) >= 11 is 0. The molecule has 0 N–H and O–H groups in total. The number of furan rings is 1. The Morgan fingerprint density at radius 1 is 0.333 bits per heavy atom. The van der Waals surface area contributed by atoms with Gasteiger partial charge in [0.2, 0.25) is 5.95 Å². The Bertz CT molecular complexity index is 4210. The van der Waals surface area contributed by atoms with Gasteiger partial charge in [0.15, 0.2) is 0 Å². The van der Waals surface area contributed by atoms with Gasteiger partial charge >= 0.3 is 0 Å². The fraction of sp³-hybridized carbons (Fsp3) is 0. The zero-order valence-corrected chi connectivity index (χ0v) is 33.8. The van der Waals surface area contributed by atoms with E-state index in [0.29, 0.717) is 5.95 Å². The molecule has 0 aliphatic heterocycles. The fourth-order valence-electron chi connectivity index (χ4n) is 10.4. The quantitative estimate of drug-likeness (QED) is 0.167. The van der Waals surface area contributed by atoms with Crippen LogP contribution in [0, 0.1) is 0 Å². The van der Waals surface area contributed by atoms with E-state index in [1.165, 1.54) is 54.3 Å². The number of rotatable bonds is 4. The van der Waals surface area contributed by atoms with E-state index in [4.69, 9.17) is 14.4 Å². The minimum atomic E-state index is 0.619.